The molecule has 0 saturated carbocycles. The second kappa shape index (κ2) is 4.89. The van der Waals surface area contributed by atoms with Gasteiger partial charge in [0.2, 0.25) is 15.9 Å². The fraction of sp³-hybridized carbons (Fsp3) is 0.308. The molecule has 0 aliphatic carbocycles. The van der Waals surface area contributed by atoms with Crippen LogP contribution in [0.2, 0.25) is 0 Å². The van der Waals surface area contributed by atoms with Crippen molar-refractivity contribution in [1.29, 1.82) is 0 Å². The molecule has 1 saturated heterocycles. The Bertz CT molecular complexity index is 802. The predicted octanol–water partition coefficient (Wildman–Crippen LogP) is -0.788. The number of sulfonamides is 1. The van der Waals surface area contributed by atoms with Crippen molar-refractivity contribution in [3.05, 3.63) is 29.3 Å². The SMILES string of the molecule is NS(=O)(=O)CC1CC(=O)N(c2ccc3c(c2)C(=O)NC3=O)C1. The van der Waals surface area contributed by atoms with Crippen molar-refractivity contribution in [2.75, 3.05) is 17.2 Å². The quantitative estimate of drug-likeness (QED) is 0.705. The van der Waals surface area contributed by atoms with Crippen LogP contribution in [-0.2, 0) is 14.8 Å². The van der Waals surface area contributed by atoms with E-state index in [0.717, 1.165) is 0 Å². The Kier molecular flexibility index (Phi) is 3.26. The highest BCUT2D eigenvalue weighted by molar-refractivity contribution is 7.89. The summed E-state index contributed by atoms with van der Waals surface area (Å²) in [7, 11) is -3.65. The van der Waals surface area contributed by atoms with E-state index in [2.05, 4.69) is 5.32 Å². The van der Waals surface area contributed by atoms with Gasteiger partial charge in [-0.15, -0.1) is 0 Å². The first-order valence-corrected chi connectivity index (χ1v) is 8.27. The number of nitrogens with zero attached hydrogens (tertiary/aromatic N) is 1. The molecule has 3 amide bonds. The molecule has 2 aliphatic rings. The van der Waals surface area contributed by atoms with Crippen molar-refractivity contribution >= 4 is 33.4 Å². The van der Waals surface area contributed by atoms with Crippen LogP contribution in [-0.4, -0.2) is 38.4 Å². The van der Waals surface area contributed by atoms with E-state index in [4.69, 9.17) is 5.14 Å². The highest BCUT2D eigenvalue weighted by Gasteiger charge is 2.34. The van der Waals surface area contributed by atoms with Gasteiger partial charge in [0.25, 0.3) is 11.8 Å². The Balaban J connectivity index is 1.87. The summed E-state index contributed by atoms with van der Waals surface area (Å²) < 4.78 is 22.3. The number of hydrogen-bond donors (Lipinski definition) is 2. The minimum absolute atomic E-state index is 0.0820. The number of nitrogens with one attached hydrogen (secondary N) is 1. The number of rotatable bonds is 3. The molecule has 1 fully saturated rings. The minimum atomic E-state index is -3.65. The topological polar surface area (TPSA) is 127 Å². The van der Waals surface area contributed by atoms with Crippen molar-refractivity contribution in [3.8, 4) is 0 Å². The van der Waals surface area contributed by atoms with Gasteiger partial charge in [-0.3, -0.25) is 19.7 Å². The fourth-order valence-electron chi connectivity index (χ4n) is 2.80. The number of benzene rings is 1. The van der Waals surface area contributed by atoms with Crippen LogP contribution in [0.3, 0.4) is 0 Å². The number of carbonyl (C=O) groups excluding carboxylic acids is 3. The predicted molar refractivity (Wildman–Crippen MR) is 76.7 cm³/mol. The summed E-state index contributed by atoms with van der Waals surface area (Å²) in [5.74, 6) is -1.86. The molecule has 8 nitrogen and oxygen atoms in total. The summed E-state index contributed by atoms with van der Waals surface area (Å²) in [6.07, 6.45) is 0.0820. The fourth-order valence-corrected chi connectivity index (χ4v) is 3.68. The second-order valence-corrected chi connectivity index (χ2v) is 7.08. The molecule has 2 heterocycles. The number of anilines is 1. The summed E-state index contributed by atoms with van der Waals surface area (Å²) in [6.45, 7) is 0.212. The molecule has 0 spiro atoms. The standard InChI is InChI=1S/C13H13N3O5S/c14-22(20,21)6-7-3-11(17)16(5-7)8-1-2-9-10(4-8)13(19)15-12(9)18/h1-2,4,7H,3,5-6H2,(H2,14,20,21)(H,15,18,19). The molecular weight excluding hydrogens is 310 g/mol. The lowest BCUT2D eigenvalue weighted by molar-refractivity contribution is -0.117. The smallest absolute Gasteiger partial charge is 0.259 e. The first-order valence-electron chi connectivity index (χ1n) is 6.55. The summed E-state index contributed by atoms with van der Waals surface area (Å²) in [6, 6.07) is 4.51. The number of fused-ring (bicyclic) bond motifs is 1. The van der Waals surface area contributed by atoms with Crippen LogP contribution in [0.4, 0.5) is 5.69 Å². The molecule has 0 aromatic heterocycles. The van der Waals surface area contributed by atoms with E-state index in [1.54, 1.807) is 6.07 Å². The van der Waals surface area contributed by atoms with Crippen LogP contribution < -0.4 is 15.4 Å². The van der Waals surface area contributed by atoms with Gasteiger partial charge in [0.1, 0.15) is 0 Å². The Labute approximate surface area is 126 Å². The summed E-state index contributed by atoms with van der Waals surface area (Å²) in [4.78, 5) is 36.6. The molecule has 9 heteroatoms. The first-order chi connectivity index (χ1) is 10.2. The summed E-state index contributed by atoms with van der Waals surface area (Å²) >= 11 is 0. The number of hydrogen-bond acceptors (Lipinski definition) is 5. The molecule has 22 heavy (non-hydrogen) atoms. The van der Waals surface area contributed by atoms with E-state index in [-0.39, 0.29) is 41.7 Å². The number of carbonyl (C=O) groups is 3. The first kappa shape index (κ1) is 14.7. The van der Waals surface area contributed by atoms with Crippen LogP contribution in [0, 0.1) is 5.92 Å². The lowest BCUT2D eigenvalue weighted by Crippen LogP contribution is -2.27. The summed E-state index contributed by atoms with van der Waals surface area (Å²) in [5, 5.41) is 7.18. The van der Waals surface area contributed by atoms with E-state index >= 15 is 0 Å². The highest BCUT2D eigenvalue weighted by atomic mass is 32.2. The maximum atomic E-state index is 12.0. The van der Waals surface area contributed by atoms with Crippen LogP contribution in [0.15, 0.2) is 18.2 Å². The lowest BCUT2D eigenvalue weighted by Gasteiger charge is -2.17. The molecule has 0 bridgehead atoms. The van der Waals surface area contributed by atoms with Crippen LogP contribution in [0.5, 0.6) is 0 Å². The van der Waals surface area contributed by atoms with Crippen molar-refractivity contribution in [3.63, 3.8) is 0 Å². The largest absolute Gasteiger partial charge is 0.312 e. The summed E-state index contributed by atoms with van der Waals surface area (Å²) in [5.41, 5.74) is 0.942. The normalized spacial score (nSPS) is 21.2. The zero-order valence-corrected chi connectivity index (χ0v) is 12.2. The molecular formula is C13H13N3O5S. The Morgan fingerprint density at radius 1 is 1.18 bits per heavy atom. The molecule has 1 aromatic rings. The van der Waals surface area contributed by atoms with E-state index in [0.29, 0.717) is 5.69 Å². The Hall–Kier alpha value is -2.26. The van der Waals surface area contributed by atoms with Crippen LogP contribution >= 0.6 is 0 Å². The van der Waals surface area contributed by atoms with Gasteiger partial charge >= 0.3 is 0 Å². The molecule has 1 aromatic carbocycles. The Morgan fingerprint density at radius 2 is 1.86 bits per heavy atom. The lowest BCUT2D eigenvalue weighted by atomic mass is 10.1. The highest BCUT2D eigenvalue weighted by Crippen LogP contribution is 2.28. The van der Waals surface area contributed by atoms with E-state index in [1.807, 2.05) is 0 Å². The van der Waals surface area contributed by atoms with Crippen LogP contribution in [0.1, 0.15) is 27.1 Å². The third-order valence-corrected chi connectivity index (χ3v) is 4.64. The van der Waals surface area contributed by atoms with Gasteiger partial charge < -0.3 is 4.90 Å². The van der Waals surface area contributed by atoms with Crippen LogP contribution in [0.25, 0.3) is 0 Å². The molecule has 2 aliphatic heterocycles. The average molecular weight is 323 g/mol. The van der Waals surface area contributed by atoms with Gasteiger partial charge in [0, 0.05) is 24.6 Å². The molecule has 3 N–H and O–H groups in total. The van der Waals surface area contributed by atoms with Gasteiger partial charge in [-0.2, -0.15) is 0 Å². The molecule has 116 valence electrons. The zero-order valence-electron chi connectivity index (χ0n) is 11.4. The number of amides is 3. The van der Waals surface area contributed by atoms with Crippen molar-refractivity contribution < 1.29 is 22.8 Å². The minimum Gasteiger partial charge on any atom is -0.312 e. The maximum absolute atomic E-state index is 12.0. The molecule has 3 rings (SSSR count). The van der Waals surface area contributed by atoms with E-state index in [1.165, 1.54) is 17.0 Å². The number of imide groups is 1. The second-order valence-electron chi connectivity index (χ2n) is 5.42. The third-order valence-electron chi connectivity index (χ3n) is 3.70. The van der Waals surface area contributed by atoms with Gasteiger partial charge in [0.05, 0.1) is 16.9 Å². The third kappa shape index (κ3) is 2.60. The van der Waals surface area contributed by atoms with Gasteiger partial charge in [-0.1, -0.05) is 0 Å². The number of primary sulfonamides is 1. The molecule has 0 radical (unpaired) electrons. The molecule has 1 unspecified atom stereocenters. The maximum Gasteiger partial charge on any atom is 0.259 e. The van der Waals surface area contributed by atoms with Gasteiger partial charge in [-0.25, -0.2) is 13.6 Å². The zero-order chi connectivity index (χ0) is 16.1. The van der Waals surface area contributed by atoms with E-state index < -0.39 is 21.8 Å². The van der Waals surface area contributed by atoms with E-state index in [9.17, 15) is 22.8 Å². The Morgan fingerprint density at radius 3 is 2.55 bits per heavy atom. The number of nitrogens with two attached hydrogens (primary N) is 1. The monoisotopic (exact) mass is 323 g/mol. The van der Waals surface area contributed by atoms with Crippen molar-refractivity contribution in [2.24, 2.45) is 11.1 Å². The average Bonchev–Trinajstić information content (AvgIpc) is 2.88. The van der Waals surface area contributed by atoms with Gasteiger partial charge in [0.15, 0.2) is 0 Å². The van der Waals surface area contributed by atoms with Crippen molar-refractivity contribution in [1.82, 2.24) is 5.32 Å². The van der Waals surface area contributed by atoms with Gasteiger partial charge in [-0.05, 0) is 18.2 Å². The molecule has 1 atom stereocenters. The van der Waals surface area contributed by atoms with Crippen molar-refractivity contribution in [2.45, 2.75) is 6.42 Å².